The van der Waals surface area contributed by atoms with Crippen molar-refractivity contribution in [2.75, 3.05) is 31.7 Å². The smallest absolute Gasteiger partial charge is 0.131 e. The molecule has 0 unspecified atom stereocenters. The molecule has 0 aliphatic carbocycles. The van der Waals surface area contributed by atoms with Crippen LogP contribution in [0.3, 0.4) is 0 Å². The number of hydrogen-bond donors (Lipinski definition) is 0. The molecule has 0 saturated carbocycles. The van der Waals surface area contributed by atoms with E-state index in [1.165, 1.54) is 0 Å². The monoisotopic (exact) mass is 301 g/mol. The predicted octanol–water partition coefficient (Wildman–Crippen LogP) is 1.78. The van der Waals surface area contributed by atoms with E-state index in [9.17, 15) is 0 Å². The molecule has 2 aromatic rings. The van der Waals surface area contributed by atoms with E-state index in [0.29, 0.717) is 5.92 Å². The lowest BCUT2D eigenvalue weighted by molar-refractivity contribution is 0.193. The summed E-state index contributed by atoms with van der Waals surface area (Å²) in [5, 5.41) is 0. The third-order valence-corrected chi connectivity index (χ3v) is 4.23. The van der Waals surface area contributed by atoms with E-state index < -0.39 is 0 Å². The van der Waals surface area contributed by atoms with Crippen molar-refractivity contribution < 1.29 is 4.74 Å². The topological polar surface area (TPSA) is 56.1 Å². The average Bonchev–Trinajstić information content (AvgIpc) is 3.20. The van der Waals surface area contributed by atoms with Crippen LogP contribution in [0, 0.1) is 0 Å². The Bertz CT molecular complexity index is 606. The van der Waals surface area contributed by atoms with Gasteiger partial charge in [0, 0.05) is 58.0 Å². The largest absolute Gasteiger partial charge is 0.381 e. The minimum Gasteiger partial charge on any atom is -0.381 e. The van der Waals surface area contributed by atoms with Crippen LogP contribution >= 0.6 is 0 Å². The molecule has 0 bridgehead atoms. The van der Waals surface area contributed by atoms with Crippen molar-refractivity contribution in [3.05, 3.63) is 36.3 Å². The van der Waals surface area contributed by atoms with Crippen molar-refractivity contribution >= 4 is 5.82 Å². The number of nitrogens with zero attached hydrogens (tertiary/aromatic N) is 5. The minimum absolute atomic E-state index is 0.419. The van der Waals surface area contributed by atoms with Gasteiger partial charge in [0.25, 0.3) is 0 Å². The van der Waals surface area contributed by atoms with E-state index in [0.717, 1.165) is 56.4 Å². The Balaban J connectivity index is 1.56. The van der Waals surface area contributed by atoms with Gasteiger partial charge >= 0.3 is 0 Å². The third-order valence-electron chi connectivity index (χ3n) is 4.23. The first-order valence-corrected chi connectivity index (χ1v) is 7.81. The van der Waals surface area contributed by atoms with Crippen molar-refractivity contribution in [1.29, 1.82) is 0 Å². The molecule has 0 amide bonds. The molecular weight excluding hydrogens is 278 g/mol. The van der Waals surface area contributed by atoms with Gasteiger partial charge in [0.1, 0.15) is 18.0 Å². The van der Waals surface area contributed by atoms with E-state index in [1.54, 1.807) is 6.33 Å². The second kappa shape index (κ2) is 6.87. The number of rotatable bonds is 6. The van der Waals surface area contributed by atoms with Crippen LogP contribution in [0.1, 0.15) is 30.3 Å². The Labute approximate surface area is 131 Å². The van der Waals surface area contributed by atoms with E-state index in [-0.39, 0.29) is 0 Å². The standard InChI is InChI=1S/C16H23N5O/c1-20(7-3-4-15-17-6-8-21(15)2)16-10-14(18-12-19-16)13-5-9-22-11-13/h6,8,10,12-13H,3-5,7,9,11H2,1-2H3/t13-/m0/s1. The average molecular weight is 301 g/mol. The molecule has 3 rings (SSSR count). The lowest BCUT2D eigenvalue weighted by Crippen LogP contribution is -2.21. The third kappa shape index (κ3) is 3.44. The molecule has 1 saturated heterocycles. The summed E-state index contributed by atoms with van der Waals surface area (Å²) in [7, 11) is 4.11. The SMILES string of the molecule is CN(CCCc1nccn1C)c1cc([C@H]2CCOC2)ncn1. The molecule has 0 spiro atoms. The summed E-state index contributed by atoms with van der Waals surface area (Å²) in [5.74, 6) is 2.53. The Kier molecular flexibility index (Phi) is 4.68. The molecule has 2 aromatic heterocycles. The van der Waals surface area contributed by atoms with Crippen LogP contribution in [0.5, 0.6) is 0 Å². The predicted molar refractivity (Wildman–Crippen MR) is 85.0 cm³/mol. The maximum absolute atomic E-state index is 5.45. The fourth-order valence-corrected chi connectivity index (χ4v) is 2.79. The van der Waals surface area contributed by atoms with Crippen LogP contribution < -0.4 is 4.90 Å². The van der Waals surface area contributed by atoms with Crippen LogP contribution in [0.2, 0.25) is 0 Å². The van der Waals surface area contributed by atoms with E-state index in [2.05, 4.69) is 37.5 Å². The highest BCUT2D eigenvalue weighted by Crippen LogP contribution is 2.25. The molecule has 118 valence electrons. The molecule has 1 atom stereocenters. The van der Waals surface area contributed by atoms with Crippen molar-refractivity contribution in [1.82, 2.24) is 19.5 Å². The Morgan fingerprint density at radius 3 is 3.00 bits per heavy atom. The van der Waals surface area contributed by atoms with E-state index >= 15 is 0 Å². The van der Waals surface area contributed by atoms with Crippen molar-refractivity contribution in [2.45, 2.75) is 25.2 Å². The van der Waals surface area contributed by atoms with Crippen molar-refractivity contribution in [3.63, 3.8) is 0 Å². The van der Waals surface area contributed by atoms with Gasteiger partial charge in [-0.1, -0.05) is 0 Å². The van der Waals surface area contributed by atoms with Gasteiger partial charge in [0.2, 0.25) is 0 Å². The van der Waals surface area contributed by atoms with Crippen LogP contribution in [-0.4, -0.2) is 46.3 Å². The first-order chi connectivity index (χ1) is 10.7. The Morgan fingerprint density at radius 2 is 2.27 bits per heavy atom. The Morgan fingerprint density at radius 1 is 1.36 bits per heavy atom. The van der Waals surface area contributed by atoms with Gasteiger partial charge in [-0.25, -0.2) is 15.0 Å². The fraction of sp³-hybridized carbons (Fsp3) is 0.562. The van der Waals surface area contributed by atoms with Crippen LogP contribution in [-0.2, 0) is 18.2 Å². The number of imidazole rings is 1. The van der Waals surface area contributed by atoms with Gasteiger partial charge in [0.05, 0.1) is 12.3 Å². The molecule has 0 N–H and O–H groups in total. The minimum atomic E-state index is 0.419. The summed E-state index contributed by atoms with van der Waals surface area (Å²) >= 11 is 0. The molecule has 1 aliphatic heterocycles. The molecule has 0 radical (unpaired) electrons. The lowest BCUT2D eigenvalue weighted by atomic mass is 10.0. The van der Waals surface area contributed by atoms with Crippen molar-refractivity contribution in [3.8, 4) is 0 Å². The molecular formula is C16H23N5O. The van der Waals surface area contributed by atoms with Gasteiger partial charge in [-0.2, -0.15) is 0 Å². The maximum atomic E-state index is 5.45. The number of hydrogen-bond acceptors (Lipinski definition) is 5. The van der Waals surface area contributed by atoms with Crippen LogP contribution in [0.15, 0.2) is 24.8 Å². The highest BCUT2D eigenvalue weighted by Gasteiger charge is 2.20. The quantitative estimate of drug-likeness (QED) is 0.814. The summed E-state index contributed by atoms with van der Waals surface area (Å²) in [6.07, 6.45) is 8.58. The zero-order valence-electron chi connectivity index (χ0n) is 13.3. The molecule has 1 aliphatic rings. The second-order valence-corrected chi connectivity index (χ2v) is 5.84. The van der Waals surface area contributed by atoms with Crippen molar-refractivity contribution in [2.24, 2.45) is 7.05 Å². The summed E-state index contributed by atoms with van der Waals surface area (Å²) in [4.78, 5) is 15.3. The van der Waals surface area contributed by atoms with Gasteiger partial charge in [-0.3, -0.25) is 0 Å². The molecule has 1 fully saturated rings. The molecule has 22 heavy (non-hydrogen) atoms. The fourth-order valence-electron chi connectivity index (χ4n) is 2.79. The van der Waals surface area contributed by atoms with Gasteiger partial charge in [0.15, 0.2) is 0 Å². The highest BCUT2D eigenvalue weighted by atomic mass is 16.5. The van der Waals surface area contributed by atoms with E-state index in [1.807, 2.05) is 19.4 Å². The highest BCUT2D eigenvalue weighted by molar-refractivity contribution is 5.38. The molecule has 6 heteroatoms. The summed E-state index contributed by atoms with van der Waals surface area (Å²) in [6, 6.07) is 2.10. The Hall–Kier alpha value is -1.95. The maximum Gasteiger partial charge on any atom is 0.131 e. The number of ether oxygens (including phenoxy) is 1. The normalized spacial score (nSPS) is 17.8. The van der Waals surface area contributed by atoms with Gasteiger partial charge in [-0.05, 0) is 12.8 Å². The van der Waals surface area contributed by atoms with Crippen LogP contribution in [0.4, 0.5) is 5.82 Å². The first-order valence-electron chi connectivity index (χ1n) is 7.81. The number of aryl methyl sites for hydroxylation is 2. The summed E-state index contributed by atoms with van der Waals surface area (Å²) in [6.45, 7) is 2.56. The molecule has 6 nitrogen and oxygen atoms in total. The van der Waals surface area contributed by atoms with Gasteiger partial charge < -0.3 is 14.2 Å². The first kappa shape index (κ1) is 15.0. The summed E-state index contributed by atoms with van der Waals surface area (Å²) in [5.41, 5.74) is 1.10. The zero-order chi connectivity index (χ0) is 15.4. The molecule has 3 heterocycles. The van der Waals surface area contributed by atoms with Gasteiger partial charge in [-0.15, -0.1) is 0 Å². The molecule has 0 aromatic carbocycles. The van der Waals surface area contributed by atoms with E-state index in [4.69, 9.17) is 4.74 Å². The summed E-state index contributed by atoms with van der Waals surface area (Å²) < 4.78 is 7.52. The van der Waals surface area contributed by atoms with Crippen LogP contribution in [0.25, 0.3) is 0 Å². The second-order valence-electron chi connectivity index (χ2n) is 5.84. The zero-order valence-corrected chi connectivity index (χ0v) is 13.3. The lowest BCUT2D eigenvalue weighted by Gasteiger charge is -2.19. The number of aromatic nitrogens is 4. The number of anilines is 1.